The molecule has 1 nitrogen and oxygen atoms in total. The number of rotatable bonds is 0. The highest BCUT2D eigenvalue weighted by molar-refractivity contribution is 5.25. The Bertz CT molecular complexity index is 570. The summed E-state index contributed by atoms with van der Waals surface area (Å²) >= 11 is 0. The van der Waals surface area contributed by atoms with Gasteiger partial charge in [0.2, 0.25) is 0 Å². The fraction of sp³-hybridized carbons (Fsp3) is 0.913. The highest BCUT2D eigenvalue weighted by Crippen LogP contribution is 2.68. The van der Waals surface area contributed by atoms with Crippen molar-refractivity contribution in [2.75, 3.05) is 0 Å². The summed E-state index contributed by atoms with van der Waals surface area (Å²) in [6, 6.07) is 0. The molecule has 4 saturated carbocycles. The van der Waals surface area contributed by atoms with Crippen LogP contribution >= 0.6 is 0 Å². The standard InChI is InChI=1S/C23H36O/c1-5-11-23(24)14-10-20-18-7-6-17-15-16(2)8-12-21(17,3)19(18)9-13-22(20,23)4/h16-20,24H,6-10,12-15H2,1-4H3/t16-,17?,18?,19?,20?,21-,22-,23-/m0/s1. The molecule has 4 aliphatic carbocycles. The lowest BCUT2D eigenvalue weighted by atomic mass is 9.44. The summed E-state index contributed by atoms with van der Waals surface area (Å²) in [5.74, 6) is 10.6. The zero-order chi connectivity index (χ0) is 17.2. The first-order chi connectivity index (χ1) is 11.3. The van der Waals surface area contributed by atoms with Crippen LogP contribution in [0.2, 0.25) is 0 Å². The molecule has 1 N–H and O–H groups in total. The van der Waals surface area contributed by atoms with Gasteiger partial charge in [0.25, 0.3) is 0 Å². The number of aliphatic hydroxyl groups is 1. The van der Waals surface area contributed by atoms with Crippen LogP contribution < -0.4 is 0 Å². The second-order valence-corrected chi connectivity index (χ2v) is 10.3. The van der Waals surface area contributed by atoms with Crippen LogP contribution in [0.4, 0.5) is 0 Å². The Labute approximate surface area is 149 Å². The van der Waals surface area contributed by atoms with Crippen LogP contribution in [0, 0.1) is 52.3 Å². The molecule has 0 spiro atoms. The molecule has 24 heavy (non-hydrogen) atoms. The Morgan fingerprint density at radius 3 is 2.42 bits per heavy atom. The van der Waals surface area contributed by atoms with Gasteiger partial charge in [-0.15, -0.1) is 5.92 Å². The first kappa shape index (κ1) is 17.0. The largest absolute Gasteiger partial charge is 0.377 e. The van der Waals surface area contributed by atoms with Gasteiger partial charge in [-0.3, -0.25) is 0 Å². The molecule has 4 unspecified atom stereocenters. The number of hydrogen-bond acceptors (Lipinski definition) is 1. The van der Waals surface area contributed by atoms with Crippen molar-refractivity contribution >= 4 is 0 Å². The Kier molecular flexibility index (Phi) is 3.89. The van der Waals surface area contributed by atoms with Crippen molar-refractivity contribution in [1.82, 2.24) is 0 Å². The van der Waals surface area contributed by atoms with E-state index in [1.54, 1.807) is 0 Å². The SMILES string of the molecule is CC#C[C@]1(O)CCC2C3CCC4C[C@@H](C)CC[C@]4(C)C3CC[C@@]21C. The zero-order valence-corrected chi connectivity index (χ0v) is 16.2. The zero-order valence-electron chi connectivity index (χ0n) is 16.2. The highest BCUT2D eigenvalue weighted by atomic mass is 16.3. The third-order valence-corrected chi connectivity index (χ3v) is 9.41. The number of hydrogen-bond donors (Lipinski definition) is 1. The van der Waals surface area contributed by atoms with Gasteiger partial charge in [0.1, 0.15) is 5.60 Å². The third-order valence-electron chi connectivity index (χ3n) is 9.41. The smallest absolute Gasteiger partial charge is 0.131 e. The molecule has 0 aromatic rings. The minimum Gasteiger partial charge on any atom is -0.377 e. The van der Waals surface area contributed by atoms with E-state index in [9.17, 15) is 5.11 Å². The van der Waals surface area contributed by atoms with E-state index in [0.717, 1.165) is 30.1 Å². The molecule has 4 aliphatic rings. The summed E-state index contributed by atoms with van der Waals surface area (Å²) in [5, 5.41) is 11.3. The molecule has 0 radical (unpaired) electrons. The van der Waals surface area contributed by atoms with E-state index in [1.165, 1.54) is 51.4 Å². The Morgan fingerprint density at radius 2 is 1.67 bits per heavy atom. The summed E-state index contributed by atoms with van der Waals surface area (Å²) in [6.07, 6.45) is 11.8. The van der Waals surface area contributed by atoms with Crippen molar-refractivity contribution in [3.8, 4) is 11.8 Å². The van der Waals surface area contributed by atoms with Crippen LogP contribution in [0.5, 0.6) is 0 Å². The van der Waals surface area contributed by atoms with Crippen LogP contribution in [0.1, 0.15) is 85.5 Å². The maximum atomic E-state index is 11.3. The van der Waals surface area contributed by atoms with Crippen molar-refractivity contribution in [3.63, 3.8) is 0 Å². The Balaban J connectivity index is 1.64. The summed E-state index contributed by atoms with van der Waals surface area (Å²) < 4.78 is 0. The molecule has 4 rings (SSSR count). The van der Waals surface area contributed by atoms with Crippen molar-refractivity contribution in [3.05, 3.63) is 0 Å². The lowest BCUT2D eigenvalue weighted by molar-refractivity contribution is -0.138. The molecule has 4 fully saturated rings. The minimum atomic E-state index is -0.726. The topological polar surface area (TPSA) is 20.2 Å². The van der Waals surface area contributed by atoms with E-state index in [-0.39, 0.29) is 5.41 Å². The third kappa shape index (κ3) is 2.11. The molecule has 8 atom stereocenters. The summed E-state index contributed by atoms with van der Waals surface area (Å²) in [5.41, 5.74) is -0.119. The van der Waals surface area contributed by atoms with Crippen LogP contribution in [0.15, 0.2) is 0 Å². The molecule has 0 heterocycles. The second-order valence-electron chi connectivity index (χ2n) is 10.3. The van der Waals surface area contributed by atoms with Crippen molar-refractivity contribution in [1.29, 1.82) is 0 Å². The Morgan fingerprint density at radius 1 is 0.917 bits per heavy atom. The van der Waals surface area contributed by atoms with Gasteiger partial charge >= 0.3 is 0 Å². The maximum absolute atomic E-state index is 11.3. The van der Waals surface area contributed by atoms with Crippen LogP contribution in [0.3, 0.4) is 0 Å². The first-order valence-corrected chi connectivity index (χ1v) is 10.5. The van der Waals surface area contributed by atoms with E-state index in [1.807, 2.05) is 6.92 Å². The Hall–Kier alpha value is -0.480. The predicted molar refractivity (Wildman–Crippen MR) is 99.3 cm³/mol. The summed E-state index contributed by atoms with van der Waals surface area (Å²) in [7, 11) is 0. The van der Waals surface area contributed by atoms with Crippen LogP contribution in [-0.4, -0.2) is 10.7 Å². The van der Waals surface area contributed by atoms with Crippen molar-refractivity contribution in [2.45, 2.75) is 91.1 Å². The van der Waals surface area contributed by atoms with Gasteiger partial charge in [-0.2, -0.15) is 0 Å². The lowest BCUT2D eigenvalue weighted by Crippen LogP contribution is -2.56. The van der Waals surface area contributed by atoms with E-state index in [4.69, 9.17) is 0 Å². The second kappa shape index (κ2) is 5.51. The lowest BCUT2D eigenvalue weighted by Gasteiger charge is -2.61. The van der Waals surface area contributed by atoms with E-state index in [0.29, 0.717) is 11.3 Å². The average molecular weight is 329 g/mol. The molecule has 0 amide bonds. The fourth-order valence-corrected chi connectivity index (χ4v) is 7.90. The first-order valence-electron chi connectivity index (χ1n) is 10.5. The van der Waals surface area contributed by atoms with Gasteiger partial charge in [0.05, 0.1) is 0 Å². The molecule has 0 bridgehead atoms. The maximum Gasteiger partial charge on any atom is 0.131 e. The molecule has 134 valence electrons. The normalized spacial score (nSPS) is 56.5. The minimum absolute atomic E-state index is 0.0301. The van der Waals surface area contributed by atoms with Gasteiger partial charge in [-0.05, 0) is 93.3 Å². The van der Waals surface area contributed by atoms with Crippen LogP contribution in [0.25, 0.3) is 0 Å². The summed E-state index contributed by atoms with van der Waals surface area (Å²) in [6.45, 7) is 9.35. The fourth-order valence-electron chi connectivity index (χ4n) is 7.90. The van der Waals surface area contributed by atoms with Crippen molar-refractivity contribution < 1.29 is 5.11 Å². The quantitative estimate of drug-likeness (QED) is 0.589. The van der Waals surface area contributed by atoms with E-state index >= 15 is 0 Å². The molecule has 0 saturated heterocycles. The molecule has 0 aromatic carbocycles. The molecular formula is C23H36O. The van der Waals surface area contributed by atoms with Gasteiger partial charge < -0.3 is 5.11 Å². The predicted octanol–water partition coefficient (Wildman–Crippen LogP) is 5.42. The monoisotopic (exact) mass is 328 g/mol. The van der Waals surface area contributed by atoms with Crippen molar-refractivity contribution in [2.24, 2.45) is 40.4 Å². The summed E-state index contributed by atoms with van der Waals surface area (Å²) in [4.78, 5) is 0. The van der Waals surface area contributed by atoms with Gasteiger partial charge in [-0.1, -0.05) is 33.1 Å². The average Bonchev–Trinajstić information content (AvgIpc) is 2.80. The molecule has 1 heteroatoms. The van der Waals surface area contributed by atoms with Gasteiger partial charge in [0.15, 0.2) is 0 Å². The molecule has 0 aromatic heterocycles. The highest BCUT2D eigenvalue weighted by Gasteiger charge is 2.64. The van der Waals surface area contributed by atoms with Crippen LogP contribution in [-0.2, 0) is 0 Å². The van der Waals surface area contributed by atoms with E-state index < -0.39 is 5.60 Å². The van der Waals surface area contributed by atoms with Gasteiger partial charge in [0, 0.05) is 5.41 Å². The number of fused-ring (bicyclic) bond motifs is 5. The molecular weight excluding hydrogens is 292 g/mol. The molecule has 0 aliphatic heterocycles. The van der Waals surface area contributed by atoms with Gasteiger partial charge in [-0.25, -0.2) is 0 Å². The van der Waals surface area contributed by atoms with E-state index in [2.05, 4.69) is 32.6 Å².